The van der Waals surface area contributed by atoms with Gasteiger partial charge < -0.3 is 9.80 Å². The van der Waals surface area contributed by atoms with Crippen molar-refractivity contribution in [3.63, 3.8) is 0 Å². The van der Waals surface area contributed by atoms with Crippen LogP contribution in [0.2, 0.25) is 0 Å². The van der Waals surface area contributed by atoms with E-state index in [0.29, 0.717) is 37.0 Å². The van der Waals surface area contributed by atoms with E-state index in [1.54, 1.807) is 22.5 Å². The van der Waals surface area contributed by atoms with E-state index in [-0.39, 0.29) is 0 Å². The van der Waals surface area contributed by atoms with Gasteiger partial charge in [0.15, 0.2) is 0 Å². The molecule has 0 saturated carbocycles. The highest BCUT2D eigenvalue weighted by molar-refractivity contribution is 7.89. The summed E-state index contributed by atoms with van der Waals surface area (Å²) in [5, 5.41) is 0. The topological polar surface area (TPSA) is 69.6 Å². The molecule has 0 atom stereocenters. The molecule has 1 aromatic heterocycles. The first-order valence-electron chi connectivity index (χ1n) is 9.86. The van der Waals surface area contributed by atoms with E-state index in [9.17, 15) is 8.42 Å². The zero-order valence-corrected chi connectivity index (χ0v) is 17.3. The summed E-state index contributed by atoms with van der Waals surface area (Å²) in [6.45, 7) is 8.03. The van der Waals surface area contributed by atoms with E-state index in [1.165, 1.54) is 12.8 Å². The van der Waals surface area contributed by atoms with Gasteiger partial charge in [0.25, 0.3) is 0 Å². The zero-order chi connectivity index (χ0) is 19.7. The maximum absolute atomic E-state index is 12.9. The maximum Gasteiger partial charge on any atom is 0.243 e. The van der Waals surface area contributed by atoms with Crippen molar-refractivity contribution in [3.05, 3.63) is 41.6 Å². The van der Waals surface area contributed by atoms with Crippen LogP contribution in [0.3, 0.4) is 0 Å². The number of hydrogen-bond donors (Lipinski definition) is 0. The lowest BCUT2D eigenvalue weighted by Gasteiger charge is -2.34. The summed E-state index contributed by atoms with van der Waals surface area (Å²) in [6.07, 6.45) is 2.40. The van der Waals surface area contributed by atoms with Crippen LogP contribution in [0.15, 0.2) is 35.2 Å². The third-order valence-corrected chi connectivity index (χ3v) is 7.30. The average Bonchev–Trinajstić information content (AvgIpc) is 3.22. The van der Waals surface area contributed by atoms with Crippen molar-refractivity contribution in [2.24, 2.45) is 0 Å². The third-order valence-electron chi connectivity index (χ3n) is 5.41. The van der Waals surface area contributed by atoms with Gasteiger partial charge in [-0.3, -0.25) is 0 Å². The van der Waals surface area contributed by atoms with Crippen LogP contribution >= 0.6 is 0 Å². The van der Waals surface area contributed by atoms with Crippen LogP contribution in [-0.4, -0.2) is 62.0 Å². The normalized spacial score (nSPS) is 18.6. The van der Waals surface area contributed by atoms with E-state index < -0.39 is 10.0 Å². The molecule has 0 unspecified atom stereocenters. The highest BCUT2D eigenvalue weighted by Crippen LogP contribution is 2.24. The van der Waals surface area contributed by atoms with E-state index in [1.807, 2.05) is 26.0 Å². The monoisotopic (exact) mass is 401 g/mol. The Bertz CT molecular complexity index is 949. The number of anilines is 2. The van der Waals surface area contributed by atoms with Crippen molar-refractivity contribution < 1.29 is 8.42 Å². The van der Waals surface area contributed by atoms with Crippen molar-refractivity contribution in [1.29, 1.82) is 0 Å². The number of aryl methyl sites for hydroxylation is 2. The summed E-state index contributed by atoms with van der Waals surface area (Å²) < 4.78 is 27.4. The van der Waals surface area contributed by atoms with Crippen molar-refractivity contribution in [3.8, 4) is 0 Å². The molecule has 0 aliphatic carbocycles. The minimum atomic E-state index is -3.46. The molecule has 4 rings (SSSR count). The van der Waals surface area contributed by atoms with Gasteiger partial charge in [0.2, 0.25) is 16.0 Å². The third kappa shape index (κ3) is 3.84. The second kappa shape index (κ2) is 7.67. The molecule has 0 radical (unpaired) electrons. The summed E-state index contributed by atoms with van der Waals surface area (Å²) in [4.78, 5) is 14.1. The molecular weight excluding hydrogens is 374 g/mol. The van der Waals surface area contributed by atoms with Crippen LogP contribution in [0.25, 0.3) is 0 Å². The second-order valence-corrected chi connectivity index (χ2v) is 9.51. The predicted octanol–water partition coefficient (Wildman–Crippen LogP) is 2.20. The Labute approximate surface area is 167 Å². The first-order chi connectivity index (χ1) is 13.4. The van der Waals surface area contributed by atoms with Gasteiger partial charge in [0, 0.05) is 51.0 Å². The zero-order valence-electron chi connectivity index (χ0n) is 16.5. The molecule has 2 saturated heterocycles. The second-order valence-electron chi connectivity index (χ2n) is 7.57. The molecular formula is C20H27N5O2S. The molecule has 7 nitrogen and oxygen atoms in total. The number of nitrogens with zero attached hydrogens (tertiary/aromatic N) is 5. The Morgan fingerprint density at radius 2 is 1.57 bits per heavy atom. The Morgan fingerprint density at radius 1 is 0.857 bits per heavy atom. The lowest BCUT2D eigenvalue weighted by atomic mass is 10.2. The first kappa shape index (κ1) is 19.1. The van der Waals surface area contributed by atoms with Crippen LogP contribution in [0, 0.1) is 13.8 Å². The molecule has 2 aliphatic heterocycles. The molecule has 0 bridgehead atoms. The summed E-state index contributed by atoms with van der Waals surface area (Å²) in [6, 6.07) is 9.13. The van der Waals surface area contributed by atoms with Gasteiger partial charge in [0.1, 0.15) is 5.82 Å². The highest BCUT2D eigenvalue weighted by Gasteiger charge is 2.29. The summed E-state index contributed by atoms with van der Waals surface area (Å²) in [5.41, 5.74) is 1.89. The van der Waals surface area contributed by atoms with Crippen LogP contribution < -0.4 is 9.80 Å². The SMILES string of the molecule is Cc1cccc(S(=O)(=O)N2CCN(c3nc(C)cc(N4CCCC4)n3)CC2)c1. The quantitative estimate of drug-likeness (QED) is 0.782. The van der Waals surface area contributed by atoms with Crippen LogP contribution in [0.5, 0.6) is 0 Å². The molecule has 8 heteroatoms. The van der Waals surface area contributed by atoms with Gasteiger partial charge >= 0.3 is 0 Å². The van der Waals surface area contributed by atoms with Crippen molar-refractivity contribution >= 4 is 21.8 Å². The van der Waals surface area contributed by atoms with E-state index in [4.69, 9.17) is 4.98 Å². The Morgan fingerprint density at radius 3 is 2.25 bits per heavy atom. The van der Waals surface area contributed by atoms with Gasteiger partial charge in [-0.2, -0.15) is 9.29 Å². The fourth-order valence-electron chi connectivity index (χ4n) is 3.84. The largest absolute Gasteiger partial charge is 0.356 e. The number of rotatable bonds is 4. The van der Waals surface area contributed by atoms with Crippen molar-refractivity contribution in [2.45, 2.75) is 31.6 Å². The lowest BCUT2D eigenvalue weighted by Crippen LogP contribution is -2.49. The predicted molar refractivity (Wildman–Crippen MR) is 110 cm³/mol. The molecule has 2 aliphatic rings. The smallest absolute Gasteiger partial charge is 0.243 e. The Hall–Kier alpha value is -2.19. The number of benzene rings is 1. The maximum atomic E-state index is 12.9. The summed E-state index contributed by atoms with van der Waals surface area (Å²) >= 11 is 0. The molecule has 0 N–H and O–H groups in total. The fraction of sp³-hybridized carbons (Fsp3) is 0.500. The molecule has 28 heavy (non-hydrogen) atoms. The van der Waals surface area contributed by atoms with Crippen molar-refractivity contribution in [1.82, 2.24) is 14.3 Å². The van der Waals surface area contributed by atoms with Gasteiger partial charge in [-0.25, -0.2) is 13.4 Å². The molecule has 0 amide bonds. The molecule has 2 aromatic rings. The first-order valence-corrected chi connectivity index (χ1v) is 11.3. The van der Waals surface area contributed by atoms with Gasteiger partial charge in [0.05, 0.1) is 4.90 Å². The van der Waals surface area contributed by atoms with Gasteiger partial charge in [-0.05, 0) is 44.4 Å². The molecule has 0 spiro atoms. The van der Waals surface area contributed by atoms with Gasteiger partial charge in [-0.15, -0.1) is 0 Å². The highest BCUT2D eigenvalue weighted by atomic mass is 32.2. The van der Waals surface area contributed by atoms with Crippen LogP contribution in [0.1, 0.15) is 24.1 Å². The van der Waals surface area contributed by atoms with Crippen molar-refractivity contribution in [2.75, 3.05) is 49.1 Å². The Kier molecular flexibility index (Phi) is 5.25. The Balaban J connectivity index is 1.48. The number of hydrogen-bond acceptors (Lipinski definition) is 6. The van der Waals surface area contributed by atoms with Gasteiger partial charge in [-0.1, -0.05) is 12.1 Å². The molecule has 3 heterocycles. The number of sulfonamides is 1. The minimum Gasteiger partial charge on any atom is -0.356 e. The average molecular weight is 402 g/mol. The number of aromatic nitrogens is 2. The number of piperazine rings is 1. The van der Waals surface area contributed by atoms with E-state index in [0.717, 1.165) is 30.2 Å². The fourth-order valence-corrected chi connectivity index (χ4v) is 5.37. The minimum absolute atomic E-state index is 0.365. The molecule has 1 aromatic carbocycles. The standard InChI is InChI=1S/C20H27N5O2S/c1-16-6-5-7-18(14-16)28(26,27)25-12-10-24(11-13-25)20-21-17(2)15-19(22-20)23-8-3-4-9-23/h5-7,14-15H,3-4,8-13H2,1-2H3. The van der Waals surface area contributed by atoms with E-state index in [2.05, 4.69) is 14.8 Å². The summed E-state index contributed by atoms with van der Waals surface area (Å²) in [5.74, 6) is 1.68. The lowest BCUT2D eigenvalue weighted by molar-refractivity contribution is 0.382. The molecule has 150 valence electrons. The van der Waals surface area contributed by atoms with Crippen LogP contribution in [-0.2, 0) is 10.0 Å². The molecule has 2 fully saturated rings. The van der Waals surface area contributed by atoms with Crippen LogP contribution in [0.4, 0.5) is 11.8 Å². The van der Waals surface area contributed by atoms with E-state index >= 15 is 0 Å². The summed E-state index contributed by atoms with van der Waals surface area (Å²) in [7, 11) is -3.46.